The molecular formula is C18H19NO2S. The normalized spacial score (nSPS) is 13.5. The summed E-state index contributed by atoms with van der Waals surface area (Å²) in [7, 11) is 4.03. The van der Waals surface area contributed by atoms with Crippen molar-refractivity contribution < 1.29 is 9.53 Å². The van der Waals surface area contributed by atoms with E-state index in [-0.39, 0.29) is 5.78 Å². The number of hydrogen-bond acceptors (Lipinski definition) is 4. The number of ketones is 1. The number of nitrogens with zero attached hydrogens (tertiary/aromatic N) is 1. The maximum Gasteiger partial charge on any atom is 0.168 e. The molecule has 0 saturated heterocycles. The van der Waals surface area contributed by atoms with E-state index in [1.54, 1.807) is 11.8 Å². The van der Waals surface area contributed by atoms with Crippen molar-refractivity contribution in [2.45, 2.75) is 16.2 Å². The topological polar surface area (TPSA) is 29.5 Å². The second-order valence-corrected chi connectivity index (χ2v) is 6.65. The number of ether oxygens (including phenoxy) is 1. The van der Waals surface area contributed by atoms with Crippen molar-refractivity contribution in [3.8, 4) is 5.75 Å². The number of carbonyl (C=O) groups excluding carboxylic acids is 1. The van der Waals surface area contributed by atoms with Crippen molar-refractivity contribution in [3.63, 3.8) is 0 Å². The first-order chi connectivity index (χ1) is 10.6. The van der Waals surface area contributed by atoms with Crippen molar-refractivity contribution in [3.05, 3.63) is 53.6 Å². The summed E-state index contributed by atoms with van der Waals surface area (Å²) in [6.45, 7) is 1.46. The Morgan fingerprint density at radius 1 is 1.14 bits per heavy atom. The molecule has 3 rings (SSSR count). The maximum atomic E-state index is 12.5. The summed E-state index contributed by atoms with van der Waals surface area (Å²) in [6.07, 6.45) is 0.456. The second-order valence-electron chi connectivity index (χ2n) is 5.59. The minimum atomic E-state index is 0.158. The molecule has 0 bridgehead atoms. The zero-order valence-corrected chi connectivity index (χ0v) is 13.7. The van der Waals surface area contributed by atoms with Gasteiger partial charge in [-0.1, -0.05) is 36.0 Å². The summed E-state index contributed by atoms with van der Waals surface area (Å²) < 4.78 is 5.92. The Balaban J connectivity index is 1.94. The molecule has 0 aromatic heterocycles. The van der Waals surface area contributed by atoms with Gasteiger partial charge < -0.3 is 9.64 Å². The van der Waals surface area contributed by atoms with E-state index in [9.17, 15) is 4.79 Å². The van der Waals surface area contributed by atoms with E-state index in [2.05, 4.69) is 11.0 Å². The lowest BCUT2D eigenvalue weighted by Gasteiger charge is -2.15. The molecular weight excluding hydrogens is 294 g/mol. The molecule has 0 radical (unpaired) electrons. The number of Topliss-reactive ketones (excluding diaryl/α,β-unsaturated/α-hetero) is 1. The molecule has 0 fully saturated rings. The minimum absolute atomic E-state index is 0.158. The fraction of sp³-hybridized carbons (Fsp3) is 0.278. The second kappa shape index (κ2) is 6.55. The quantitative estimate of drug-likeness (QED) is 0.864. The Kier molecular flexibility index (Phi) is 4.50. The van der Waals surface area contributed by atoms with Crippen LogP contribution < -0.4 is 4.74 Å². The fourth-order valence-electron chi connectivity index (χ4n) is 2.42. The largest absolute Gasteiger partial charge is 0.491 e. The number of hydrogen-bond donors (Lipinski definition) is 0. The molecule has 1 aliphatic rings. The van der Waals surface area contributed by atoms with E-state index in [4.69, 9.17) is 4.74 Å². The fourth-order valence-corrected chi connectivity index (χ4v) is 3.58. The van der Waals surface area contributed by atoms with E-state index in [1.165, 1.54) is 0 Å². The van der Waals surface area contributed by atoms with Crippen LogP contribution in [0, 0.1) is 0 Å². The van der Waals surface area contributed by atoms with Gasteiger partial charge in [-0.3, -0.25) is 4.79 Å². The van der Waals surface area contributed by atoms with Crippen LogP contribution in [-0.4, -0.2) is 37.9 Å². The van der Waals surface area contributed by atoms with Crippen LogP contribution in [0.5, 0.6) is 5.75 Å². The SMILES string of the molecule is CN(C)CCOc1cccc2c1Sc1ccccc1CC2=O. The Labute approximate surface area is 135 Å². The van der Waals surface area contributed by atoms with Crippen LogP contribution >= 0.6 is 11.8 Å². The summed E-state index contributed by atoms with van der Waals surface area (Å²) >= 11 is 1.63. The number of carbonyl (C=O) groups is 1. The maximum absolute atomic E-state index is 12.5. The molecule has 0 unspecified atom stereocenters. The Bertz CT molecular complexity index is 697. The molecule has 1 heterocycles. The van der Waals surface area contributed by atoms with E-state index >= 15 is 0 Å². The van der Waals surface area contributed by atoms with Gasteiger partial charge in [0.2, 0.25) is 0 Å². The van der Waals surface area contributed by atoms with Gasteiger partial charge in [0.05, 0.1) is 4.90 Å². The summed E-state index contributed by atoms with van der Waals surface area (Å²) in [5.41, 5.74) is 1.86. The van der Waals surface area contributed by atoms with E-state index in [1.807, 2.05) is 50.5 Å². The molecule has 0 aliphatic carbocycles. The van der Waals surface area contributed by atoms with Crippen molar-refractivity contribution in [2.24, 2.45) is 0 Å². The first-order valence-corrected chi connectivity index (χ1v) is 8.16. The molecule has 2 aromatic carbocycles. The minimum Gasteiger partial charge on any atom is -0.491 e. The highest BCUT2D eigenvalue weighted by molar-refractivity contribution is 7.99. The Hall–Kier alpha value is -1.78. The molecule has 2 aromatic rings. The molecule has 114 valence electrons. The molecule has 1 aliphatic heterocycles. The monoisotopic (exact) mass is 313 g/mol. The van der Waals surface area contributed by atoms with Crippen LogP contribution in [0.4, 0.5) is 0 Å². The van der Waals surface area contributed by atoms with Crippen LogP contribution in [-0.2, 0) is 6.42 Å². The van der Waals surface area contributed by atoms with Crippen LogP contribution in [0.3, 0.4) is 0 Å². The zero-order chi connectivity index (χ0) is 15.5. The van der Waals surface area contributed by atoms with Gasteiger partial charge in [0, 0.05) is 23.4 Å². The van der Waals surface area contributed by atoms with Gasteiger partial charge >= 0.3 is 0 Å². The van der Waals surface area contributed by atoms with Gasteiger partial charge in [-0.05, 0) is 37.9 Å². The van der Waals surface area contributed by atoms with Gasteiger partial charge in [0.1, 0.15) is 12.4 Å². The third-order valence-electron chi connectivity index (χ3n) is 3.61. The van der Waals surface area contributed by atoms with E-state index in [0.717, 1.165) is 33.2 Å². The highest BCUT2D eigenvalue weighted by Gasteiger charge is 2.22. The lowest BCUT2D eigenvalue weighted by atomic mass is 10.0. The standard InChI is InChI=1S/C18H19NO2S/c1-19(2)10-11-21-16-8-5-7-14-15(20)12-13-6-3-4-9-17(13)22-18(14)16/h3-9H,10-12H2,1-2H3. The first kappa shape index (κ1) is 15.1. The van der Waals surface area contributed by atoms with Crippen molar-refractivity contribution in [1.29, 1.82) is 0 Å². The van der Waals surface area contributed by atoms with Crippen molar-refractivity contribution >= 4 is 17.5 Å². The number of fused-ring (bicyclic) bond motifs is 2. The highest BCUT2D eigenvalue weighted by Crippen LogP contribution is 2.42. The average Bonchev–Trinajstić information content (AvgIpc) is 2.64. The van der Waals surface area contributed by atoms with Gasteiger partial charge in [0.25, 0.3) is 0 Å². The summed E-state index contributed by atoms with van der Waals surface area (Å²) in [6, 6.07) is 13.8. The summed E-state index contributed by atoms with van der Waals surface area (Å²) in [5.74, 6) is 0.958. The molecule has 0 amide bonds. The summed E-state index contributed by atoms with van der Waals surface area (Å²) in [4.78, 5) is 16.7. The molecule has 22 heavy (non-hydrogen) atoms. The van der Waals surface area contributed by atoms with Crippen LogP contribution in [0.2, 0.25) is 0 Å². The van der Waals surface area contributed by atoms with Crippen LogP contribution in [0.15, 0.2) is 52.3 Å². The van der Waals surface area contributed by atoms with Crippen LogP contribution in [0.1, 0.15) is 15.9 Å². The molecule has 4 heteroatoms. The number of benzene rings is 2. The number of likely N-dealkylation sites (N-methyl/N-ethyl adjacent to an activating group) is 1. The van der Waals surface area contributed by atoms with Gasteiger partial charge in [-0.25, -0.2) is 0 Å². The lowest BCUT2D eigenvalue weighted by molar-refractivity contribution is 0.0989. The number of rotatable bonds is 4. The van der Waals surface area contributed by atoms with Crippen molar-refractivity contribution in [1.82, 2.24) is 4.90 Å². The molecule has 3 nitrogen and oxygen atoms in total. The van der Waals surface area contributed by atoms with Crippen LogP contribution in [0.25, 0.3) is 0 Å². The van der Waals surface area contributed by atoms with Gasteiger partial charge in [-0.2, -0.15) is 0 Å². The van der Waals surface area contributed by atoms with E-state index < -0.39 is 0 Å². The van der Waals surface area contributed by atoms with Gasteiger partial charge in [0.15, 0.2) is 5.78 Å². The average molecular weight is 313 g/mol. The van der Waals surface area contributed by atoms with Gasteiger partial charge in [-0.15, -0.1) is 0 Å². The molecule has 0 saturated carbocycles. The summed E-state index contributed by atoms with van der Waals surface area (Å²) in [5, 5.41) is 0. The van der Waals surface area contributed by atoms with E-state index in [0.29, 0.717) is 13.0 Å². The zero-order valence-electron chi connectivity index (χ0n) is 12.8. The molecule has 0 atom stereocenters. The third-order valence-corrected chi connectivity index (χ3v) is 4.85. The molecule has 0 N–H and O–H groups in total. The third kappa shape index (κ3) is 3.18. The predicted octanol–water partition coefficient (Wildman–Crippen LogP) is 3.52. The highest BCUT2D eigenvalue weighted by atomic mass is 32.2. The van der Waals surface area contributed by atoms with Crippen molar-refractivity contribution in [2.75, 3.05) is 27.2 Å². The lowest BCUT2D eigenvalue weighted by Crippen LogP contribution is -2.19. The Morgan fingerprint density at radius 2 is 1.95 bits per heavy atom. The Morgan fingerprint density at radius 3 is 2.77 bits per heavy atom. The predicted molar refractivity (Wildman–Crippen MR) is 89.1 cm³/mol. The smallest absolute Gasteiger partial charge is 0.168 e. The molecule has 0 spiro atoms. The first-order valence-electron chi connectivity index (χ1n) is 7.34.